The zero-order chi connectivity index (χ0) is 19.4. The molecule has 0 radical (unpaired) electrons. The Morgan fingerprint density at radius 3 is 2.74 bits per heavy atom. The van der Waals surface area contributed by atoms with Crippen molar-refractivity contribution < 1.29 is 14.4 Å². The van der Waals surface area contributed by atoms with Gasteiger partial charge in [-0.25, -0.2) is 0 Å². The minimum Gasteiger partial charge on any atom is -0.353 e. The number of carbonyl (C=O) groups excluding carboxylic acids is 3. The van der Waals surface area contributed by atoms with Crippen LogP contribution in [0.3, 0.4) is 0 Å². The topological polar surface area (TPSA) is 99.3 Å². The number of carbonyl (C=O) groups is 3. The van der Waals surface area contributed by atoms with Crippen molar-refractivity contribution in [3.63, 3.8) is 0 Å². The summed E-state index contributed by atoms with van der Waals surface area (Å²) in [4.78, 5) is 36.1. The largest absolute Gasteiger partial charge is 0.353 e. The molecule has 2 aliphatic rings. The molecule has 3 amide bonds. The SMILES string of the molecule is Cc1ccc(C)c(NC(=O)CSC2NC(=O)CC(CC(=O)NC3CC3)N2)c1. The van der Waals surface area contributed by atoms with Gasteiger partial charge in [0.2, 0.25) is 17.7 Å². The Bertz CT molecular complexity index is 736. The number of hydrogen-bond donors (Lipinski definition) is 4. The van der Waals surface area contributed by atoms with Crippen LogP contribution in [0.2, 0.25) is 0 Å². The molecule has 0 bridgehead atoms. The van der Waals surface area contributed by atoms with Gasteiger partial charge in [-0.1, -0.05) is 12.1 Å². The zero-order valence-electron chi connectivity index (χ0n) is 15.6. The van der Waals surface area contributed by atoms with Gasteiger partial charge in [-0.05, 0) is 43.9 Å². The first-order valence-electron chi connectivity index (χ1n) is 9.22. The van der Waals surface area contributed by atoms with Crippen LogP contribution in [0.4, 0.5) is 5.69 Å². The van der Waals surface area contributed by atoms with E-state index in [1.165, 1.54) is 11.8 Å². The van der Waals surface area contributed by atoms with Crippen LogP contribution in [0.1, 0.15) is 36.8 Å². The van der Waals surface area contributed by atoms with E-state index < -0.39 is 0 Å². The maximum atomic E-state index is 12.3. The number of nitrogens with one attached hydrogen (secondary N) is 4. The third kappa shape index (κ3) is 6.25. The van der Waals surface area contributed by atoms with Crippen LogP contribution in [-0.4, -0.2) is 41.1 Å². The summed E-state index contributed by atoms with van der Waals surface area (Å²) in [5, 5.41) is 11.9. The molecule has 2 atom stereocenters. The van der Waals surface area contributed by atoms with E-state index >= 15 is 0 Å². The number of hydrogen-bond acceptors (Lipinski definition) is 5. The summed E-state index contributed by atoms with van der Waals surface area (Å²) in [7, 11) is 0. The van der Waals surface area contributed by atoms with E-state index in [1.54, 1.807) is 0 Å². The predicted octanol–water partition coefficient (Wildman–Crippen LogP) is 1.41. The first-order chi connectivity index (χ1) is 12.9. The maximum Gasteiger partial charge on any atom is 0.234 e. The van der Waals surface area contributed by atoms with Crippen molar-refractivity contribution in [2.75, 3.05) is 11.1 Å². The molecule has 1 heterocycles. The molecule has 4 N–H and O–H groups in total. The van der Waals surface area contributed by atoms with Crippen LogP contribution in [-0.2, 0) is 14.4 Å². The molecule has 1 saturated carbocycles. The molecule has 1 aromatic carbocycles. The van der Waals surface area contributed by atoms with Crippen LogP contribution in [0, 0.1) is 13.8 Å². The van der Waals surface area contributed by atoms with E-state index in [4.69, 9.17) is 0 Å². The van der Waals surface area contributed by atoms with Crippen molar-refractivity contribution in [2.45, 2.75) is 57.1 Å². The number of benzene rings is 1. The molecule has 8 heteroatoms. The molecule has 1 saturated heterocycles. The Balaban J connectivity index is 1.46. The summed E-state index contributed by atoms with van der Waals surface area (Å²) in [6.45, 7) is 3.92. The molecular weight excluding hydrogens is 364 g/mol. The molecule has 1 aromatic rings. The van der Waals surface area contributed by atoms with Crippen molar-refractivity contribution >= 4 is 35.2 Å². The van der Waals surface area contributed by atoms with E-state index in [9.17, 15) is 14.4 Å². The van der Waals surface area contributed by atoms with Gasteiger partial charge in [-0.2, -0.15) is 0 Å². The third-order valence-corrected chi connectivity index (χ3v) is 5.55. The Kier molecular flexibility index (Phi) is 6.38. The average molecular weight is 391 g/mol. The van der Waals surface area contributed by atoms with Crippen LogP contribution in [0.15, 0.2) is 18.2 Å². The summed E-state index contributed by atoms with van der Waals surface area (Å²) >= 11 is 1.31. The van der Waals surface area contributed by atoms with E-state index in [0.717, 1.165) is 29.7 Å². The molecule has 27 heavy (non-hydrogen) atoms. The highest BCUT2D eigenvalue weighted by Gasteiger charge is 2.30. The average Bonchev–Trinajstić information content (AvgIpc) is 3.39. The van der Waals surface area contributed by atoms with Gasteiger partial charge < -0.3 is 16.0 Å². The normalized spacial score (nSPS) is 22.1. The lowest BCUT2D eigenvalue weighted by atomic mass is 10.1. The van der Waals surface area contributed by atoms with Crippen molar-refractivity contribution in [1.82, 2.24) is 16.0 Å². The molecule has 146 valence electrons. The number of aryl methyl sites for hydroxylation is 2. The van der Waals surface area contributed by atoms with Crippen LogP contribution in [0.25, 0.3) is 0 Å². The minimum atomic E-state index is -0.380. The standard InChI is InChI=1S/C19H26N4O3S/c1-11-3-4-12(2)15(7-11)22-18(26)10-27-19-21-14(9-17(25)23-19)8-16(24)20-13-5-6-13/h3-4,7,13-14,19,21H,5-6,8-10H2,1-2H3,(H,20,24)(H,22,26)(H,23,25). The molecule has 7 nitrogen and oxygen atoms in total. The number of anilines is 1. The lowest BCUT2D eigenvalue weighted by molar-refractivity contribution is -0.125. The van der Waals surface area contributed by atoms with Gasteiger partial charge >= 0.3 is 0 Å². The summed E-state index contributed by atoms with van der Waals surface area (Å²) in [5.41, 5.74) is 2.51. The fourth-order valence-corrected chi connectivity index (χ4v) is 3.81. The summed E-state index contributed by atoms with van der Waals surface area (Å²) in [5.74, 6) is -0.0587. The summed E-state index contributed by atoms with van der Waals surface area (Å²) in [6, 6.07) is 6.01. The monoisotopic (exact) mass is 390 g/mol. The molecule has 2 fully saturated rings. The Morgan fingerprint density at radius 1 is 1.22 bits per heavy atom. The fourth-order valence-electron chi connectivity index (χ4n) is 2.92. The van der Waals surface area contributed by atoms with Crippen LogP contribution < -0.4 is 21.3 Å². The van der Waals surface area contributed by atoms with E-state index in [1.807, 2.05) is 32.0 Å². The molecule has 3 rings (SSSR count). The fraction of sp³-hybridized carbons (Fsp3) is 0.526. The van der Waals surface area contributed by atoms with Gasteiger partial charge in [0.05, 0.1) is 5.75 Å². The van der Waals surface area contributed by atoms with Gasteiger partial charge in [0.15, 0.2) is 0 Å². The quantitative estimate of drug-likeness (QED) is 0.564. The Morgan fingerprint density at radius 2 is 2.00 bits per heavy atom. The summed E-state index contributed by atoms with van der Waals surface area (Å²) in [6.07, 6.45) is 2.62. The van der Waals surface area contributed by atoms with Crippen molar-refractivity contribution in [1.29, 1.82) is 0 Å². The van der Waals surface area contributed by atoms with Gasteiger partial charge in [0.1, 0.15) is 5.50 Å². The Hall–Kier alpha value is -2.06. The van der Waals surface area contributed by atoms with E-state index in [2.05, 4.69) is 21.3 Å². The highest BCUT2D eigenvalue weighted by molar-refractivity contribution is 8.00. The van der Waals surface area contributed by atoms with Gasteiger partial charge in [0.25, 0.3) is 0 Å². The van der Waals surface area contributed by atoms with Gasteiger partial charge in [-0.15, -0.1) is 11.8 Å². The smallest absolute Gasteiger partial charge is 0.234 e. The number of rotatable bonds is 7. The molecule has 0 aromatic heterocycles. The predicted molar refractivity (Wildman–Crippen MR) is 106 cm³/mol. The Labute approximate surface area is 163 Å². The summed E-state index contributed by atoms with van der Waals surface area (Å²) < 4.78 is 0. The molecule has 1 aliphatic carbocycles. The molecule has 1 aliphatic heterocycles. The first-order valence-corrected chi connectivity index (χ1v) is 10.3. The second-order valence-electron chi connectivity index (χ2n) is 7.24. The number of amides is 3. The van der Waals surface area contributed by atoms with E-state index in [-0.39, 0.29) is 47.9 Å². The highest BCUT2D eigenvalue weighted by Crippen LogP contribution is 2.20. The molecular formula is C19H26N4O3S. The first kappa shape index (κ1) is 19.7. The minimum absolute atomic E-state index is 0.0267. The third-order valence-electron chi connectivity index (χ3n) is 4.53. The zero-order valence-corrected chi connectivity index (χ0v) is 16.4. The lowest BCUT2D eigenvalue weighted by Crippen LogP contribution is -2.56. The highest BCUT2D eigenvalue weighted by atomic mass is 32.2. The lowest BCUT2D eigenvalue weighted by Gasteiger charge is -2.30. The van der Waals surface area contributed by atoms with Gasteiger partial charge in [-0.3, -0.25) is 19.7 Å². The van der Waals surface area contributed by atoms with Crippen molar-refractivity contribution in [3.8, 4) is 0 Å². The maximum absolute atomic E-state index is 12.3. The molecule has 0 spiro atoms. The molecule has 2 unspecified atom stereocenters. The van der Waals surface area contributed by atoms with Crippen molar-refractivity contribution in [2.24, 2.45) is 0 Å². The second-order valence-corrected chi connectivity index (χ2v) is 8.33. The number of thioether (sulfide) groups is 1. The van der Waals surface area contributed by atoms with Gasteiger partial charge in [0, 0.05) is 30.6 Å². The van der Waals surface area contributed by atoms with Crippen LogP contribution >= 0.6 is 11.8 Å². The van der Waals surface area contributed by atoms with E-state index in [0.29, 0.717) is 6.04 Å². The van der Waals surface area contributed by atoms with Crippen LogP contribution in [0.5, 0.6) is 0 Å². The van der Waals surface area contributed by atoms with Crippen molar-refractivity contribution in [3.05, 3.63) is 29.3 Å². The second kappa shape index (κ2) is 8.75.